The van der Waals surface area contributed by atoms with Crippen molar-refractivity contribution in [3.8, 4) is 0 Å². The van der Waals surface area contributed by atoms with Gasteiger partial charge in [-0.2, -0.15) is 5.10 Å². The molecule has 5 heteroatoms. The molecule has 0 bridgehead atoms. The molecule has 1 aliphatic rings. The Labute approximate surface area is 126 Å². The molecule has 0 aliphatic carbocycles. The molecule has 2 unspecified atom stereocenters. The molecule has 1 saturated heterocycles. The van der Waals surface area contributed by atoms with Crippen molar-refractivity contribution in [3.63, 3.8) is 0 Å². The summed E-state index contributed by atoms with van der Waals surface area (Å²) in [6.07, 6.45) is 5.87. The highest BCUT2D eigenvalue weighted by atomic mass is 35.5. The molecular formula is C15H26ClN3O. The zero-order valence-corrected chi connectivity index (χ0v) is 13.5. The Hall–Kier alpha value is -0.580. The van der Waals surface area contributed by atoms with E-state index < -0.39 is 0 Å². The van der Waals surface area contributed by atoms with Gasteiger partial charge in [0.1, 0.15) is 0 Å². The minimum Gasteiger partial charge on any atom is -0.377 e. The summed E-state index contributed by atoms with van der Waals surface area (Å²) in [5, 5.41) is 8.83. The Morgan fingerprint density at radius 3 is 2.85 bits per heavy atom. The first kappa shape index (κ1) is 15.8. The number of ether oxygens (including phenoxy) is 1. The molecule has 4 nitrogen and oxygen atoms in total. The average Bonchev–Trinajstić information content (AvgIpc) is 2.70. The summed E-state index contributed by atoms with van der Waals surface area (Å²) >= 11 is 6.38. The van der Waals surface area contributed by atoms with E-state index in [2.05, 4.69) is 17.3 Å². The van der Waals surface area contributed by atoms with Gasteiger partial charge in [-0.05, 0) is 39.2 Å². The van der Waals surface area contributed by atoms with E-state index in [0.29, 0.717) is 12.1 Å². The van der Waals surface area contributed by atoms with Crippen LogP contribution in [-0.2, 0) is 18.2 Å². The first-order chi connectivity index (χ1) is 9.63. The number of rotatable bonds is 6. The van der Waals surface area contributed by atoms with Crippen molar-refractivity contribution in [2.75, 3.05) is 13.2 Å². The molecule has 1 aromatic heterocycles. The van der Waals surface area contributed by atoms with Gasteiger partial charge in [-0.25, -0.2) is 0 Å². The van der Waals surface area contributed by atoms with Crippen LogP contribution in [0.15, 0.2) is 0 Å². The van der Waals surface area contributed by atoms with E-state index in [1.807, 2.05) is 18.7 Å². The molecule has 1 N–H and O–H groups in total. The fraction of sp³-hybridized carbons (Fsp3) is 0.800. The fourth-order valence-corrected chi connectivity index (χ4v) is 3.10. The molecule has 1 aliphatic heterocycles. The second kappa shape index (κ2) is 7.43. The highest BCUT2D eigenvalue weighted by Gasteiger charge is 2.26. The largest absolute Gasteiger partial charge is 0.377 e. The Bertz CT molecular complexity index is 427. The summed E-state index contributed by atoms with van der Waals surface area (Å²) in [4.78, 5) is 0. The summed E-state index contributed by atoms with van der Waals surface area (Å²) in [6.45, 7) is 6.04. The van der Waals surface area contributed by atoms with Gasteiger partial charge in [0.05, 0.1) is 22.5 Å². The van der Waals surface area contributed by atoms with Gasteiger partial charge in [-0.3, -0.25) is 4.68 Å². The Kier molecular flexibility index (Phi) is 5.87. The predicted octanol–water partition coefficient (Wildman–Crippen LogP) is 2.86. The summed E-state index contributed by atoms with van der Waals surface area (Å²) < 4.78 is 7.86. The number of aryl methyl sites for hydroxylation is 2. The highest BCUT2D eigenvalue weighted by molar-refractivity contribution is 6.31. The van der Waals surface area contributed by atoms with Crippen LogP contribution in [-0.4, -0.2) is 35.1 Å². The minimum absolute atomic E-state index is 0.293. The van der Waals surface area contributed by atoms with Gasteiger partial charge >= 0.3 is 0 Å². The van der Waals surface area contributed by atoms with E-state index in [9.17, 15) is 0 Å². The molecule has 1 fully saturated rings. The van der Waals surface area contributed by atoms with E-state index in [-0.39, 0.29) is 0 Å². The van der Waals surface area contributed by atoms with Crippen LogP contribution in [0.2, 0.25) is 5.02 Å². The third-order valence-electron chi connectivity index (χ3n) is 4.00. The molecule has 0 spiro atoms. The first-order valence-electron chi connectivity index (χ1n) is 7.66. The van der Waals surface area contributed by atoms with Gasteiger partial charge in [-0.15, -0.1) is 0 Å². The lowest BCUT2D eigenvalue weighted by Crippen LogP contribution is -2.45. The van der Waals surface area contributed by atoms with Gasteiger partial charge in [0.25, 0.3) is 0 Å². The summed E-state index contributed by atoms with van der Waals surface area (Å²) in [5.74, 6) is 0. The smallest absolute Gasteiger partial charge is 0.0847 e. The van der Waals surface area contributed by atoms with Crippen molar-refractivity contribution in [1.82, 2.24) is 15.1 Å². The maximum atomic E-state index is 6.38. The van der Waals surface area contributed by atoms with Crippen LogP contribution >= 0.6 is 11.6 Å². The topological polar surface area (TPSA) is 39.1 Å². The van der Waals surface area contributed by atoms with Crippen molar-refractivity contribution >= 4 is 11.6 Å². The van der Waals surface area contributed by atoms with Crippen LogP contribution in [0.5, 0.6) is 0 Å². The molecule has 0 aromatic carbocycles. The average molecular weight is 300 g/mol. The molecule has 20 heavy (non-hydrogen) atoms. The van der Waals surface area contributed by atoms with E-state index in [4.69, 9.17) is 16.3 Å². The normalized spacial score (nSPS) is 21.1. The number of nitrogens with zero attached hydrogens (tertiary/aromatic N) is 2. The fourth-order valence-electron chi connectivity index (χ4n) is 2.86. The molecule has 2 atom stereocenters. The van der Waals surface area contributed by atoms with E-state index in [1.54, 1.807) is 0 Å². The lowest BCUT2D eigenvalue weighted by molar-refractivity contribution is -0.00770. The van der Waals surface area contributed by atoms with Gasteiger partial charge in [0.15, 0.2) is 0 Å². The first-order valence-corrected chi connectivity index (χ1v) is 8.04. The maximum Gasteiger partial charge on any atom is 0.0847 e. The zero-order chi connectivity index (χ0) is 14.5. The second-order valence-corrected chi connectivity index (χ2v) is 6.02. The predicted molar refractivity (Wildman–Crippen MR) is 82.3 cm³/mol. The monoisotopic (exact) mass is 299 g/mol. The molecule has 0 radical (unpaired) electrons. The van der Waals surface area contributed by atoms with Crippen LogP contribution in [0.4, 0.5) is 0 Å². The van der Waals surface area contributed by atoms with Crippen LogP contribution < -0.4 is 5.32 Å². The highest BCUT2D eigenvalue weighted by Crippen LogP contribution is 2.24. The maximum absolute atomic E-state index is 6.38. The number of aromatic nitrogens is 2. The SMILES string of the molecule is CCCNC(Cc1c(Cl)c(C)nn1C)C1CCCCO1. The Balaban J connectivity index is 2.09. The van der Waals surface area contributed by atoms with Crippen LogP contribution in [0.25, 0.3) is 0 Å². The van der Waals surface area contributed by atoms with Crippen LogP contribution in [0.3, 0.4) is 0 Å². The molecule has 1 aromatic rings. The number of hydrogen-bond acceptors (Lipinski definition) is 3. The second-order valence-electron chi connectivity index (χ2n) is 5.64. The summed E-state index contributed by atoms with van der Waals surface area (Å²) in [7, 11) is 1.97. The number of hydrogen-bond donors (Lipinski definition) is 1. The molecule has 0 saturated carbocycles. The van der Waals surface area contributed by atoms with E-state index >= 15 is 0 Å². The number of nitrogens with one attached hydrogen (secondary N) is 1. The summed E-state index contributed by atoms with van der Waals surface area (Å²) in [5.41, 5.74) is 2.01. The standard InChI is InChI=1S/C15H26ClN3O/c1-4-8-17-12(14-7-5-6-9-20-14)10-13-15(16)11(2)18-19(13)3/h12,14,17H,4-10H2,1-3H3. The quantitative estimate of drug-likeness (QED) is 0.878. The molecule has 0 amide bonds. The Morgan fingerprint density at radius 1 is 1.50 bits per heavy atom. The van der Waals surface area contributed by atoms with Gasteiger partial charge in [0, 0.05) is 26.1 Å². The van der Waals surface area contributed by atoms with Crippen LogP contribution in [0, 0.1) is 6.92 Å². The lowest BCUT2D eigenvalue weighted by atomic mass is 9.98. The lowest BCUT2D eigenvalue weighted by Gasteiger charge is -2.31. The van der Waals surface area contributed by atoms with E-state index in [0.717, 1.165) is 48.8 Å². The van der Waals surface area contributed by atoms with Crippen molar-refractivity contribution in [2.45, 2.75) is 58.1 Å². The van der Waals surface area contributed by atoms with Crippen LogP contribution in [0.1, 0.15) is 44.0 Å². The molecule has 2 rings (SSSR count). The van der Waals surface area contributed by atoms with Gasteiger partial charge in [-0.1, -0.05) is 18.5 Å². The van der Waals surface area contributed by atoms with Crippen molar-refractivity contribution in [1.29, 1.82) is 0 Å². The Morgan fingerprint density at radius 2 is 2.30 bits per heavy atom. The molecule has 2 heterocycles. The van der Waals surface area contributed by atoms with Crippen molar-refractivity contribution in [3.05, 3.63) is 16.4 Å². The van der Waals surface area contributed by atoms with Crippen molar-refractivity contribution in [2.24, 2.45) is 7.05 Å². The van der Waals surface area contributed by atoms with E-state index in [1.165, 1.54) is 12.8 Å². The van der Waals surface area contributed by atoms with Crippen molar-refractivity contribution < 1.29 is 4.74 Å². The number of halogens is 1. The third-order valence-corrected chi connectivity index (χ3v) is 4.49. The molecular weight excluding hydrogens is 274 g/mol. The minimum atomic E-state index is 0.293. The zero-order valence-electron chi connectivity index (χ0n) is 12.8. The third kappa shape index (κ3) is 3.74. The molecule has 114 valence electrons. The van der Waals surface area contributed by atoms with Gasteiger partial charge in [0.2, 0.25) is 0 Å². The summed E-state index contributed by atoms with van der Waals surface area (Å²) in [6, 6.07) is 0.322. The van der Waals surface area contributed by atoms with Gasteiger partial charge < -0.3 is 10.1 Å².